The summed E-state index contributed by atoms with van der Waals surface area (Å²) in [6, 6.07) is 13.7. The number of benzene rings is 2. The van der Waals surface area contributed by atoms with Crippen LogP contribution in [0.15, 0.2) is 42.5 Å². The summed E-state index contributed by atoms with van der Waals surface area (Å²) in [4.78, 5) is 15.7. The second-order valence-corrected chi connectivity index (χ2v) is 8.21. The Balaban J connectivity index is 1.52. The van der Waals surface area contributed by atoms with Gasteiger partial charge in [-0.2, -0.15) is 0 Å². The molecule has 3 aliphatic heterocycles. The zero-order chi connectivity index (χ0) is 20.0. The van der Waals surface area contributed by atoms with Crippen LogP contribution in [0.5, 0.6) is 11.5 Å². The average Bonchev–Trinajstić information content (AvgIpc) is 3.42. The Kier molecular flexibility index (Phi) is 4.48. The summed E-state index contributed by atoms with van der Waals surface area (Å²) in [7, 11) is 0. The second kappa shape index (κ2) is 7.04. The lowest BCUT2D eigenvalue weighted by Gasteiger charge is -2.24. The van der Waals surface area contributed by atoms with Gasteiger partial charge in [0.1, 0.15) is 30.1 Å². The highest BCUT2D eigenvalue weighted by molar-refractivity contribution is 6.11. The maximum absolute atomic E-state index is 13.8. The van der Waals surface area contributed by atoms with E-state index in [-0.39, 0.29) is 18.1 Å². The molecular formula is C23H26N2O4. The van der Waals surface area contributed by atoms with E-state index in [1.165, 1.54) is 0 Å². The number of nitrogens with two attached hydrogens (primary N) is 1. The number of carbonyl (C=O) groups is 1. The molecule has 2 aromatic rings. The van der Waals surface area contributed by atoms with Crippen molar-refractivity contribution in [2.75, 3.05) is 31.3 Å². The number of anilines is 1. The lowest BCUT2D eigenvalue weighted by atomic mass is 9.77. The van der Waals surface area contributed by atoms with Gasteiger partial charge in [-0.25, -0.2) is 0 Å². The molecule has 0 aliphatic carbocycles. The lowest BCUT2D eigenvalue weighted by molar-refractivity contribution is -0.122. The zero-order valence-corrected chi connectivity index (χ0v) is 16.6. The van der Waals surface area contributed by atoms with Gasteiger partial charge in [-0.05, 0) is 37.5 Å². The highest BCUT2D eigenvalue weighted by Crippen LogP contribution is 2.52. The average molecular weight is 394 g/mol. The van der Waals surface area contributed by atoms with Crippen molar-refractivity contribution in [1.82, 2.24) is 0 Å². The number of amides is 1. The maximum atomic E-state index is 13.8. The van der Waals surface area contributed by atoms with E-state index in [4.69, 9.17) is 19.9 Å². The third-order valence-electron chi connectivity index (χ3n) is 6.05. The van der Waals surface area contributed by atoms with Gasteiger partial charge in [0.05, 0.1) is 12.6 Å². The van der Waals surface area contributed by atoms with Crippen LogP contribution < -0.4 is 20.1 Å². The number of ether oxygens (including phenoxy) is 3. The molecule has 1 amide bonds. The van der Waals surface area contributed by atoms with Gasteiger partial charge in [0.25, 0.3) is 0 Å². The monoisotopic (exact) mass is 394 g/mol. The van der Waals surface area contributed by atoms with Gasteiger partial charge in [0.2, 0.25) is 5.91 Å². The molecule has 3 atom stereocenters. The molecule has 29 heavy (non-hydrogen) atoms. The van der Waals surface area contributed by atoms with E-state index in [2.05, 4.69) is 0 Å². The number of hydrogen-bond donors (Lipinski definition) is 1. The Labute approximate surface area is 170 Å². The van der Waals surface area contributed by atoms with Gasteiger partial charge in [-0.1, -0.05) is 24.3 Å². The van der Waals surface area contributed by atoms with Gasteiger partial charge in [0, 0.05) is 30.0 Å². The highest BCUT2D eigenvalue weighted by Gasteiger charge is 2.57. The van der Waals surface area contributed by atoms with E-state index >= 15 is 0 Å². The molecule has 2 N–H and O–H groups in total. The molecule has 2 aromatic carbocycles. The van der Waals surface area contributed by atoms with Crippen LogP contribution in [-0.2, 0) is 14.9 Å². The molecule has 6 nitrogen and oxygen atoms in total. The van der Waals surface area contributed by atoms with Crippen molar-refractivity contribution in [3.63, 3.8) is 0 Å². The fraction of sp³-hybridized carbons (Fsp3) is 0.435. The molecule has 3 heterocycles. The first-order valence-electron chi connectivity index (χ1n) is 10.3. The number of rotatable bonds is 5. The van der Waals surface area contributed by atoms with E-state index < -0.39 is 5.41 Å². The van der Waals surface area contributed by atoms with Crippen molar-refractivity contribution < 1.29 is 19.0 Å². The van der Waals surface area contributed by atoms with Crippen LogP contribution in [0.4, 0.5) is 5.69 Å². The van der Waals surface area contributed by atoms with Gasteiger partial charge < -0.3 is 24.8 Å². The van der Waals surface area contributed by atoms with E-state index in [1.54, 1.807) is 0 Å². The Morgan fingerprint density at radius 3 is 2.93 bits per heavy atom. The first kappa shape index (κ1) is 18.5. The van der Waals surface area contributed by atoms with Gasteiger partial charge in [-0.3, -0.25) is 4.79 Å². The molecule has 0 bridgehead atoms. The van der Waals surface area contributed by atoms with Crippen LogP contribution in [-0.4, -0.2) is 44.4 Å². The van der Waals surface area contributed by atoms with Crippen molar-refractivity contribution in [3.8, 4) is 11.5 Å². The third kappa shape index (κ3) is 2.90. The minimum absolute atomic E-state index is 0.0508. The van der Waals surface area contributed by atoms with Gasteiger partial charge in [-0.15, -0.1) is 0 Å². The standard InChI is InChI=1S/C23H26N2O4/c1-15(24)13-28-16-8-9-19-21(11-16)29-14-23(19)18-6-2-3-7-20(18)25(22(23)26)12-17-5-4-10-27-17/h2-3,6-9,11,15,17H,4-5,10,12-14,24H2,1H3. The van der Waals surface area contributed by atoms with Crippen LogP contribution >= 0.6 is 0 Å². The normalized spacial score (nSPS) is 25.8. The molecule has 6 heteroatoms. The van der Waals surface area contributed by atoms with Crippen LogP contribution in [0.25, 0.3) is 0 Å². The van der Waals surface area contributed by atoms with E-state index in [0.717, 1.165) is 36.3 Å². The summed E-state index contributed by atoms with van der Waals surface area (Å²) >= 11 is 0. The van der Waals surface area contributed by atoms with Crippen LogP contribution in [0, 0.1) is 0 Å². The smallest absolute Gasteiger partial charge is 0.245 e. The van der Waals surface area contributed by atoms with Crippen LogP contribution in [0.3, 0.4) is 0 Å². The van der Waals surface area contributed by atoms with Crippen molar-refractivity contribution >= 4 is 11.6 Å². The summed E-state index contributed by atoms with van der Waals surface area (Å²) in [5, 5.41) is 0. The molecular weight excluding hydrogens is 368 g/mol. The molecule has 0 radical (unpaired) electrons. The second-order valence-electron chi connectivity index (χ2n) is 8.21. The first-order valence-corrected chi connectivity index (χ1v) is 10.3. The number of para-hydroxylation sites is 1. The Bertz CT molecular complexity index is 938. The number of hydrogen-bond acceptors (Lipinski definition) is 5. The largest absolute Gasteiger partial charge is 0.492 e. The van der Waals surface area contributed by atoms with Crippen LogP contribution in [0.1, 0.15) is 30.9 Å². The van der Waals surface area contributed by atoms with Crippen molar-refractivity contribution in [3.05, 3.63) is 53.6 Å². The van der Waals surface area contributed by atoms with Gasteiger partial charge >= 0.3 is 0 Å². The zero-order valence-electron chi connectivity index (χ0n) is 16.6. The van der Waals surface area contributed by atoms with Crippen LogP contribution in [0.2, 0.25) is 0 Å². The topological polar surface area (TPSA) is 74.0 Å². The van der Waals surface area contributed by atoms with Crippen molar-refractivity contribution in [2.45, 2.75) is 37.3 Å². The Morgan fingerprint density at radius 1 is 1.28 bits per heavy atom. The summed E-state index contributed by atoms with van der Waals surface area (Å²) in [5.41, 5.74) is 7.85. The molecule has 1 spiro atoms. The first-order chi connectivity index (χ1) is 14.1. The minimum atomic E-state index is -0.801. The van der Waals surface area contributed by atoms with Crippen molar-refractivity contribution in [1.29, 1.82) is 0 Å². The summed E-state index contributed by atoms with van der Waals surface area (Å²) in [6.07, 6.45) is 2.14. The number of carbonyl (C=O) groups excluding carboxylic acids is 1. The maximum Gasteiger partial charge on any atom is 0.245 e. The predicted molar refractivity (Wildman–Crippen MR) is 110 cm³/mol. The third-order valence-corrected chi connectivity index (χ3v) is 6.05. The quantitative estimate of drug-likeness (QED) is 0.844. The van der Waals surface area contributed by atoms with Gasteiger partial charge in [0.15, 0.2) is 0 Å². The number of fused-ring (bicyclic) bond motifs is 4. The fourth-order valence-electron chi connectivity index (χ4n) is 4.65. The molecule has 0 aromatic heterocycles. The van der Waals surface area contributed by atoms with Crippen molar-refractivity contribution in [2.24, 2.45) is 5.73 Å². The summed E-state index contributed by atoms with van der Waals surface area (Å²) in [6.45, 7) is 3.99. The summed E-state index contributed by atoms with van der Waals surface area (Å²) < 4.78 is 17.6. The molecule has 3 unspecified atom stereocenters. The highest BCUT2D eigenvalue weighted by atomic mass is 16.5. The lowest BCUT2D eigenvalue weighted by Crippen LogP contribution is -2.44. The Hall–Kier alpha value is -2.57. The molecule has 1 fully saturated rings. The van der Waals surface area contributed by atoms with E-state index in [1.807, 2.05) is 54.3 Å². The Morgan fingerprint density at radius 2 is 2.14 bits per heavy atom. The predicted octanol–water partition coefficient (Wildman–Crippen LogP) is 2.62. The molecule has 5 rings (SSSR count). The summed E-state index contributed by atoms with van der Waals surface area (Å²) in [5.74, 6) is 1.47. The fourth-order valence-corrected chi connectivity index (χ4v) is 4.65. The molecule has 152 valence electrons. The molecule has 3 aliphatic rings. The molecule has 1 saturated heterocycles. The minimum Gasteiger partial charge on any atom is -0.492 e. The van der Waals surface area contributed by atoms with E-state index in [0.29, 0.717) is 31.3 Å². The van der Waals surface area contributed by atoms with E-state index in [9.17, 15) is 4.79 Å². The molecule has 0 saturated carbocycles. The SMILES string of the molecule is CC(N)COc1ccc2c(c1)OCC21C(=O)N(CC2CCCO2)c2ccccc21. The number of nitrogens with zero attached hydrogens (tertiary/aromatic N) is 1.